The van der Waals surface area contributed by atoms with Crippen molar-refractivity contribution in [2.45, 2.75) is 38.5 Å². The average molecular weight is 207 g/mol. The minimum atomic E-state index is -0.144. The number of esters is 1. The van der Waals surface area contributed by atoms with E-state index in [-0.39, 0.29) is 5.97 Å². The molecule has 2 heteroatoms. The molecule has 2 nitrogen and oxygen atoms in total. The van der Waals surface area contributed by atoms with Crippen LogP contribution in [0.15, 0.2) is 23.8 Å². The average Bonchev–Trinajstić information content (AvgIpc) is 2.30. The molecule has 0 aromatic carbocycles. The van der Waals surface area contributed by atoms with Crippen molar-refractivity contribution in [2.24, 2.45) is 0 Å². The predicted octanol–water partition coefficient (Wildman–Crippen LogP) is 3.20. The molecule has 1 rings (SSSR count). The molecule has 0 bridgehead atoms. The van der Waals surface area contributed by atoms with E-state index < -0.39 is 0 Å². The molecule has 0 fully saturated rings. The number of ether oxygens (including phenoxy) is 1. The molecule has 0 atom stereocenters. The predicted molar refractivity (Wildman–Crippen MR) is 61.2 cm³/mol. The Morgan fingerprint density at radius 1 is 1.40 bits per heavy atom. The van der Waals surface area contributed by atoms with Gasteiger partial charge in [-0.25, -0.2) is 4.79 Å². The molecule has 0 aliphatic heterocycles. The van der Waals surface area contributed by atoms with Gasteiger partial charge in [-0.05, 0) is 19.3 Å². The molecule has 0 saturated carbocycles. The van der Waals surface area contributed by atoms with Crippen molar-refractivity contribution in [1.82, 2.24) is 0 Å². The van der Waals surface area contributed by atoms with Crippen LogP contribution in [0, 0.1) is 6.92 Å². The van der Waals surface area contributed by atoms with Crippen molar-refractivity contribution in [1.29, 1.82) is 0 Å². The smallest absolute Gasteiger partial charge is 0.334 e. The summed E-state index contributed by atoms with van der Waals surface area (Å²) < 4.78 is 5.17. The topological polar surface area (TPSA) is 26.3 Å². The number of carbonyl (C=O) groups excluding carboxylic acids is 1. The molecule has 1 radical (unpaired) electrons. The maximum atomic E-state index is 11.5. The zero-order valence-corrected chi connectivity index (χ0v) is 9.21. The second-order valence-electron chi connectivity index (χ2n) is 3.71. The highest BCUT2D eigenvalue weighted by atomic mass is 16.5. The van der Waals surface area contributed by atoms with Gasteiger partial charge < -0.3 is 4.74 Å². The van der Waals surface area contributed by atoms with Gasteiger partial charge in [0.1, 0.15) is 0 Å². The third-order valence-electron chi connectivity index (χ3n) is 2.40. The zero-order valence-electron chi connectivity index (χ0n) is 9.21. The van der Waals surface area contributed by atoms with Crippen LogP contribution in [0.2, 0.25) is 0 Å². The summed E-state index contributed by atoms with van der Waals surface area (Å²) in [7, 11) is 0. The largest absolute Gasteiger partial charge is 0.462 e. The van der Waals surface area contributed by atoms with Crippen LogP contribution in [0.5, 0.6) is 0 Å². The first-order chi connectivity index (χ1) is 7.34. The molecule has 0 aromatic rings. The number of hydrogen-bond donors (Lipinski definition) is 0. The van der Waals surface area contributed by atoms with Crippen molar-refractivity contribution in [3.63, 3.8) is 0 Å². The molecule has 15 heavy (non-hydrogen) atoms. The Labute approximate surface area is 92.0 Å². The van der Waals surface area contributed by atoms with Gasteiger partial charge in [0.2, 0.25) is 0 Å². The minimum Gasteiger partial charge on any atom is -0.462 e. The molecule has 1 aliphatic carbocycles. The first-order valence-corrected chi connectivity index (χ1v) is 5.66. The number of carbonyl (C=O) groups is 1. The fourth-order valence-corrected chi connectivity index (χ4v) is 1.49. The lowest BCUT2D eigenvalue weighted by Gasteiger charge is -2.08. The van der Waals surface area contributed by atoms with Crippen molar-refractivity contribution >= 4 is 5.97 Å². The third-order valence-corrected chi connectivity index (χ3v) is 2.40. The van der Waals surface area contributed by atoms with Gasteiger partial charge in [0.05, 0.1) is 6.61 Å². The van der Waals surface area contributed by atoms with Gasteiger partial charge in [-0.15, -0.1) is 0 Å². The van der Waals surface area contributed by atoms with Gasteiger partial charge in [0.15, 0.2) is 0 Å². The highest BCUT2D eigenvalue weighted by Gasteiger charge is 2.10. The summed E-state index contributed by atoms with van der Waals surface area (Å²) in [5.41, 5.74) is 0.801. The van der Waals surface area contributed by atoms with E-state index in [0.717, 1.165) is 44.1 Å². The highest BCUT2D eigenvalue weighted by Crippen LogP contribution is 2.13. The molecule has 0 N–H and O–H groups in total. The highest BCUT2D eigenvalue weighted by molar-refractivity contribution is 5.89. The van der Waals surface area contributed by atoms with Crippen molar-refractivity contribution in [3.8, 4) is 0 Å². The van der Waals surface area contributed by atoms with Gasteiger partial charge in [0.25, 0.3) is 0 Å². The summed E-state index contributed by atoms with van der Waals surface area (Å²) in [4.78, 5) is 11.5. The molecule has 0 amide bonds. The van der Waals surface area contributed by atoms with Crippen LogP contribution in [0.1, 0.15) is 38.5 Å². The van der Waals surface area contributed by atoms with Crippen LogP contribution in [0.4, 0.5) is 0 Å². The summed E-state index contributed by atoms with van der Waals surface area (Å²) in [5.74, 6) is -0.144. The first-order valence-electron chi connectivity index (χ1n) is 5.66. The van der Waals surface area contributed by atoms with E-state index in [2.05, 4.69) is 13.0 Å². The van der Waals surface area contributed by atoms with Crippen molar-refractivity contribution < 1.29 is 9.53 Å². The molecule has 0 saturated heterocycles. The second kappa shape index (κ2) is 7.27. The lowest BCUT2D eigenvalue weighted by molar-refractivity contribution is -0.139. The summed E-state index contributed by atoms with van der Waals surface area (Å²) >= 11 is 0. The molecular formula is C13H19O2. The second-order valence-corrected chi connectivity index (χ2v) is 3.71. The molecule has 0 heterocycles. The summed E-state index contributed by atoms with van der Waals surface area (Å²) in [6.45, 7) is 4.31. The third kappa shape index (κ3) is 4.82. The fourth-order valence-electron chi connectivity index (χ4n) is 1.49. The SMILES string of the molecule is [CH2]CCCCCOC(=O)C1=CC=CCC1. The quantitative estimate of drug-likeness (QED) is 0.494. The van der Waals surface area contributed by atoms with E-state index in [0.29, 0.717) is 6.61 Å². The standard InChI is InChI=1S/C13H19O2/c1-2-3-4-8-11-15-13(14)12-9-6-5-7-10-12/h5-6,9H,1-4,7-8,10-11H2. The molecule has 0 aromatic heterocycles. The molecular weight excluding hydrogens is 188 g/mol. The fraction of sp³-hybridized carbons (Fsp3) is 0.538. The maximum absolute atomic E-state index is 11.5. The Kier molecular flexibility index (Phi) is 5.83. The Morgan fingerprint density at radius 2 is 2.27 bits per heavy atom. The van der Waals surface area contributed by atoms with Gasteiger partial charge in [-0.2, -0.15) is 0 Å². The van der Waals surface area contributed by atoms with E-state index >= 15 is 0 Å². The van der Waals surface area contributed by atoms with Crippen LogP contribution in [-0.4, -0.2) is 12.6 Å². The van der Waals surface area contributed by atoms with Crippen molar-refractivity contribution in [2.75, 3.05) is 6.61 Å². The monoisotopic (exact) mass is 207 g/mol. The van der Waals surface area contributed by atoms with Crippen molar-refractivity contribution in [3.05, 3.63) is 30.7 Å². The van der Waals surface area contributed by atoms with Gasteiger partial charge >= 0.3 is 5.97 Å². The van der Waals surface area contributed by atoms with Gasteiger partial charge in [0, 0.05) is 5.57 Å². The van der Waals surface area contributed by atoms with E-state index in [1.165, 1.54) is 0 Å². The van der Waals surface area contributed by atoms with Crippen LogP contribution in [-0.2, 0) is 9.53 Å². The number of hydrogen-bond acceptors (Lipinski definition) is 2. The Morgan fingerprint density at radius 3 is 2.93 bits per heavy atom. The van der Waals surface area contributed by atoms with Crippen LogP contribution in [0.25, 0.3) is 0 Å². The van der Waals surface area contributed by atoms with E-state index in [1.54, 1.807) is 0 Å². The van der Waals surface area contributed by atoms with Gasteiger partial charge in [-0.3, -0.25) is 0 Å². The molecule has 0 unspecified atom stereocenters. The lowest BCUT2D eigenvalue weighted by Crippen LogP contribution is -2.09. The maximum Gasteiger partial charge on any atom is 0.334 e. The molecule has 0 spiro atoms. The lowest BCUT2D eigenvalue weighted by atomic mass is 10.1. The van der Waals surface area contributed by atoms with E-state index in [9.17, 15) is 4.79 Å². The number of rotatable bonds is 6. The zero-order chi connectivity index (χ0) is 10.9. The Balaban J connectivity index is 2.13. The number of allylic oxidation sites excluding steroid dienone is 3. The summed E-state index contributed by atoms with van der Waals surface area (Å²) in [5, 5.41) is 0. The minimum absolute atomic E-state index is 0.144. The van der Waals surface area contributed by atoms with Crippen LogP contribution < -0.4 is 0 Å². The number of unbranched alkanes of at least 4 members (excludes halogenated alkanes) is 3. The normalized spacial score (nSPS) is 14.9. The summed E-state index contributed by atoms with van der Waals surface area (Å²) in [6.07, 6.45) is 11.7. The Bertz CT molecular complexity index is 251. The van der Waals surface area contributed by atoms with Crippen LogP contribution >= 0.6 is 0 Å². The van der Waals surface area contributed by atoms with Crippen LogP contribution in [0.3, 0.4) is 0 Å². The Hall–Kier alpha value is -1.05. The summed E-state index contributed by atoms with van der Waals surface area (Å²) in [6, 6.07) is 0. The molecule has 83 valence electrons. The van der Waals surface area contributed by atoms with Gasteiger partial charge in [-0.1, -0.05) is 44.4 Å². The van der Waals surface area contributed by atoms with E-state index in [4.69, 9.17) is 4.74 Å². The molecule has 1 aliphatic rings. The first kappa shape index (κ1) is 12.0. The van der Waals surface area contributed by atoms with E-state index in [1.807, 2.05) is 12.2 Å².